The Bertz CT molecular complexity index is 386. The van der Waals surface area contributed by atoms with E-state index in [2.05, 4.69) is 18.7 Å². The molecule has 1 saturated heterocycles. The second-order valence-corrected chi connectivity index (χ2v) is 6.44. The van der Waals surface area contributed by atoms with E-state index in [-0.39, 0.29) is 6.04 Å². The summed E-state index contributed by atoms with van der Waals surface area (Å²) in [5, 5.41) is 1.18. The zero-order valence-corrected chi connectivity index (χ0v) is 12.6. The van der Waals surface area contributed by atoms with Crippen molar-refractivity contribution in [3.8, 4) is 0 Å². The van der Waals surface area contributed by atoms with Gasteiger partial charge in [-0.3, -0.25) is 0 Å². The van der Waals surface area contributed by atoms with E-state index in [0.717, 1.165) is 24.7 Å². The van der Waals surface area contributed by atoms with Crippen molar-refractivity contribution in [3.63, 3.8) is 0 Å². The van der Waals surface area contributed by atoms with E-state index in [9.17, 15) is 0 Å². The number of aryl methyl sites for hydroxylation is 1. The zero-order chi connectivity index (χ0) is 13.1. The number of nitrogens with two attached hydrogens (primary N) is 1. The van der Waals surface area contributed by atoms with Gasteiger partial charge in [0.25, 0.3) is 0 Å². The van der Waals surface area contributed by atoms with Gasteiger partial charge in [-0.25, -0.2) is 4.98 Å². The summed E-state index contributed by atoms with van der Waals surface area (Å²) < 4.78 is 0. The zero-order valence-electron chi connectivity index (χ0n) is 11.8. The second kappa shape index (κ2) is 6.02. The van der Waals surface area contributed by atoms with E-state index in [0.29, 0.717) is 0 Å². The Morgan fingerprint density at radius 1 is 1.44 bits per heavy atom. The van der Waals surface area contributed by atoms with Gasteiger partial charge in [0, 0.05) is 24.0 Å². The summed E-state index contributed by atoms with van der Waals surface area (Å²) in [6.07, 6.45) is 5.29. The van der Waals surface area contributed by atoms with Gasteiger partial charge in [0.1, 0.15) is 0 Å². The van der Waals surface area contributed by atoms with Crippen LogP contribution in [0.3, 0.4) is 0 Å². The van der Waals surface area contributed by atoms with Gasteiger partial charge < -0.3 is 10.6 Å². The Hall–Kier alpha value is -0.610. The van der Waals surface area contributed by atoms with Crippen LogP contribution < -0.4 is 10.6 Å². The standard InChI is InChI=1S/C14H25N3S/c1-4-12-6-5-8-17(9-7-12)14-16-11(3)13(18-14)10(2)15/h10,12H,4-9,15H2,1-3H3. The van der Waals surface area contributed by atoms with E-state index in [4.69, 9.17) is 10.7 Å². The Morgan fingerprint density at radius 2 is 2.22 bits per heavy atom. The van der Waals surface area contributed by atoms with Crippen molar-refractivity contribution >= 4 is 16.5 Å². The van der Waals surface area contributed by atoms with Crippen molar-refractivity contribution in [1.29, 1.82) is 0 Å². The molecule has 102 valence electrons. The van der Waals surface area contributed by atoms with E-state index in [1.165, 1.54) is 35.7 Å². The van der Waals surface area contributed by atoms with Crippen molar-refractivity contribution in [1.82, 2.24) is 4.98 Å². The minimum Gasteiger partial charge on any atom is -0.348 e. The topological polar surface area (TPSA) is 42.2 Å². The van der Waals surface area contributed by atoms with E-state index in [1.807, 2.05) is 6.92 Å². The average molecular weight is 267 g/mol. The van der Waals surface area contributed by atoms with E-state index >= 15 is 0 Å². The SMILES string of the molecule is CCC1CCCN(c2nc(C)c(C(C)N)s2)CC1. The third-order valence-electron chi connectivity index (χ3n) is 3.93. The predicted octanol–water partition coefficient (Wildman–Crippen LogP) is 3.49. The smallest absolute Gasteiger partial charge is 0.185 e. The van der Waals surface area contributed by atoms with Crippen LogP contribution in [-0.2, 0) is 0 Å². The molecule has 4 heteroatoms. The highest BCUT2D eigenvalue weighted by Gasteiger charge is 2.20. The fourth-order valence-electron chi connectivity index (χ4n) is 2.72. The van der Waals surface area contributed by atoms with Gasteiger partial charge in [-0.15, -0.1) is 11.3 Å². The van der Waals surface area contributed by atoms with Crippen LogP contribution in [0.4, 0.5) is 5.13 Å². The highest BCUT2D eigenvalue weighted by Crippen LogP contribution is 2.32. The van der Waals surface area contributed by atoms with Gasteiger partial charge in [0.2, 0.25) is 0 Å². The van der Waals surface area contributed by atoms with Crippen molar-refractivity contribution in [2.45, 2.75) is 52.5 Å². The third kappa shape index (κ3) is 3.04. The molecule has 2 unspecified atom stereocenters. The second-order valence-electron chi connectivity index (χ2n) is 5.43. The summed E-state index contributed by atoms with van der Waals surface area (Å²) >= 11 is 1.78. The monoisotopic (exact) mass is 267 g/mol. The van der Waals surface area contributed by atoms with Crippen LogP contribution in [0.2, 0.25) is 0 Å². The van der Waals surface area contributed by atoms with E-state index < -0.39 is 0 Å². The van der Waals surface area contributed by atoms with Crippen molar-refractivity contribution in [2.75, 3.05) is 18.0 Å². The Kier molecular flexibility index (Phi) is 4.62. The van der Waals surface area contributed by atoms with Crippen LogP contribution in [0.15, 0.2) is 0 Å². The minimum absolute atomic E-state index is 0.103. The Balaban J connectivity index is 2.09. The predicted molar refractivity (Wildman–Crippen MR) is 79.3 cm³/mol. The molecule has 1 fully saturated rings. The lowest BCUT2D eigenvalue weighted by Gasteiger charge is -2.19. The number of rotatable bonds is 3. The normalized spacial score (nSPS) is 22.9. The molecular weight excluding hydrogens is 242 g/mol. The lowest BCUT2D eigenvalue weighted by Crippen LogP contribution is -2.23. The molecular formula is C14H25N3S. The van der Waals surface area contributed by atoms with Gasteiger partial charge in [-0.05, 0) is 39.0 Å². The van der Waals surface area contributed by atoms with Gasteiger partial charge >= 0.3 is 0 Å². The first-order chi connectivity index (χ1) is 8.61. The molecule has 1 aliphatic rings. The summed E-state index contributed by atoms with van der Waals surface area (Å²) in [5.41, 5.74) is 7.10. The summed E-state index contributed by atoms with van der Waals surface area (Å²) in [4.78, 5) is 8.41. The lowest BCUT2D eigenvalue weighted by atomic mass is 9.98. The number of thiazole rings is 1. The van der Waals surface area contributed by atoms with Crippen molar-refractivity contribution in [2.24, 2.45) is 11.7 Å². The number of aromatic nitrogens is 1. The van der Waals surface area contributed by atoms with E-state index in [1.54, 1.807) is 11.3 Å². The van der Waals surface area contributed by atoms with Gasteiger partial charge in [0.15, 0.2) is 5.13 Å². The number of hydrogen-bond acceptors (Lipinski definition) is 4. The fraction of sp³-hybridized carbons (Fsp3) is 0.786. The molecule has 1 aromatic rings. The molecule has 2 heterocycles. The van der Waals surface area contributed by atoms with Crippen molar-refractivity contribution in [3.05, 3.63) is 10.6 Å². The molecule has 0 radical (unpaired) electrons. The Morgan fingerprint density at radius 3 is 2.83 bits per heavy atom. The average Bonchev–Trinajstić information content (AvgIpc) is 2.60. The van der Waals surface area contributed by atoms with Gasteiger partial charge in [-0.1, -0.05) is 13.3 Å². The van der Waals surface area contributed by atoms with Crippen LogP contribution >= 0.6 is 11.3 Å². The first kappa shape index (κ1) is 13.8. The molecule has 0 amide bonds. The Labute approximate surface area is 114 Å². The molecule has 0 aromatic carbocycles. The molecule has 1 aromatic heterocycles. The molecule has 18 heavy (non-hydrogen) atoms. The fourth-order valence-corrected chi connectivity index (χ4v) is 3.79. The first-order valence-corrected chi connectivity index (χ1v) is 7.91. The van der Waals surface area contributed by atoms with Gasteiger partial charge in [-0.2, -0.15) is 0 Å². The number of hydrogen-bond donors (Lipinski definition) is 1. The molecule has 0 spiro atoms. The number of anilines is 1. The van der Waals surface area contributed by atoms with Crippen molar-refractivity contribution < 1.29 is 0 Å². The molecule has 0 aliphatic carbocycles. The molecule has 2 rings (SSSR count). The van der Waals surface area contributed by atoms with Crippen LogP contribution in [-0.4, -0.2) is 18.1 Å². The maximum atomic E-state index is 5.98. The van der Waals surface area contributed by atoms with Crippen LogP contribution in [0, 0.1) is 12.8 Å². The molecule has 0 saturated carbocycles. The summed E-state index contributed by atoms with van der Waals surface area (Å²) in [5.74, 6) is 0.906. The molecule has 0 bridgehead atoms. The molecule has 3 nitrogen and oxygen atoms in total. The molecule has 2 N–H and O–H groups in total. The van der Waals surface area contributed by atoms with Crippen LogP contribution in [0.5, 0.6) is 0 Å². The largest absolute Gasteiger partial charge is 0.348 e. The lowest BCUT2D eigenvalue weighted by molar-refractivity contribution is 0.459. The minimum atomic E-state index is 0.103. The maximum absolute atomic E-state index is 5.98. The number of nitrogens with zero attached hydrogens (tertiary/aromatic N) is 2. The van der Waals surface area contributed by atoms with Crippen LogP contribution in [0.1, 0.15) is 56.1 Å². The highest BCUT2D eigenvalue weighted by molar-refractivity contribution is 7.15. The first-order valence-electron chi connectivity index (χ1n) is 7.09. The summed E-state index contributed by atoms with van der Waals surface area (Å²) in [6, 6.07) is 0.103. The van der Waals surface area contributed by atoms with Gasteiger partial charge in [0.05, 0.1) is 5.69 Å². The summed E-state index contributed by atoms with van der Waals surface area (Å²) in [7, 11) is 0. The maximum Gasteiger partial charge on any atom is 0.185 e. The van der Waals surface area contributed by atoms with Crippen LogP contribution in [0.25, 0.3) is 0 Å². The molecule has 2 atom stereocenters. The third-order valence-corrected chi connectivity index (χ3v) is 5.35. The highest BCUT2D eigenvalue weighted by atomic mass is 32.1. The summed E-state index contributed by atoms with van der Waals surface area (Å²) in [6.45, 7) is 8.74. The quantitative estimate of drug-likeness (QED) is 0.911. The molecule has 1 aliphatic heterocycles.